The molecule has 1 aliphatic heterocycles. The molecule has 1 aliphatic rings. The number of phenolic OH excluding ortho intramolecular Hbond substituents is 3. The lowest BCUT2D eigenvalue weighted by Crippen LogP contribution is -2.61. The van der Waals surface area contributed by atoms with E-state index in [1.165, 1.54) is 12.1 Å². The number of rotatable bonds is 4. The normalized spacial score (nSPS) is 25.1. The number of hydrogen-bond donors (Lipinski definition) is 7. The molecule has 0 aliphatic carbocycles. The summed E-state index contributed by atoms with van der Waals surface area (Å²) in [6.07, 6.45) is -9.29. The van der Waals surface area contributed by atoms with Crippen LogP contribution in [0.4, 0.5) is 0 Å². The van der Waals surface area contributed by atoms with Crippen molar-refractivity contribution in [2.45, 2.75) is 30.7 Å². The molecule has 3 aromatic rings. The molecule has 12 nitrogen and oxygen atoms in total. The fourth-order valence-electron chi connectivity index (χ4n) is 3.41. The molecule has 1 aromatic heterocycles. The maximum Gasteiger partial charge on any atom is 0.335 e. The number of fused-ring (bicyclic) bond motifs is 1. The molecule has 1 fully saturated rings. The summed E-state index contributed by atoms with van der Waals surface area (Å²) >= 11 is 0. The fraction of sp³-hybridized carbons (Fsp3) is 0.238. The monoisotopic (exact) mass is 462 g/mol. The van der Waals surface area contributed by atoms with Gasteiger partial charge in [-0.1, -0.05) is 0 Å². The minimum atomic E-state index is -1.91. The van der Waals surface area contributed by atoms with Crippen molar-refractivity contribution in [3.8, 4) is 34.3 Å². The van der Waals surface area contributed by atoms with E-state index in [9.17, 15) is 40.2 Å². The molecule has 2 heterocycles. The van der Waals surface area contributed by atoms with E-state index >= 15 is 0 Å². The summed E-state index contributed by atoms with van der Waals surface area (Å²) < 4.78 is 16.0. The van der Waals surface area contributed by atoms with Gasteiger partial charge in [0.1, 0.15) is 46.5 Å². The van der Waals surface area contributed by atoms with E-state index in [1.54, 1.807) is 0 Å². The van der Waals surface area contributed by atoms with Crippen molar-refractivity contribution in [3.63, 3.8) is 0 Å². The third kappa shape index (κ3) is 4.03. The lowest BCUT2D eigenvalue weighted by atomic mass is 9.99. The van der Waals surface area contributed by atoms with Gasteiger partial charge in [0, 0.05) is 23.8 Å². The van der Waals surface area contributed by atoms with Gasteiger partial charge >= 0.3 is 5.97 Å². The van der Waals surface area contributed by atoms with E-state index in [-0.39, 0.29) is 33.8 Å². The van der Waals surface area contributed by atoms with Crippen molar-refractivity contribution in [3.05, 3.63) is 46.6 Å². The second-order valence-corrected chi connectivity index (χ2v) is 7.35. The van der Waals surface area contributed by atoms with Crippen LogP contribution in [0.5, 0.6) is 23.0 Å². The Morgan fingerprint density at radius 1 is 0.879 bits per heavy atom. The summed E-state index contributed by atoms with van der Waals surface area (Å²) in [7, 11) is 0. The number of aliphatic carboxylic acids is 1. The number of carboxylic acid groups (broad SMARTS) is 1. The summed E-state index contributed by atoms with van der Waals surface area (Å²) in [6.45, 7) is 0. The van der Waals surface area contributed by atoms with Gasteiger partial charge in [0.2, 0.25) is 6.29 Å². The number of aromatic hydroxyl groups is 3. The molecule has 7 N–H and O–H groups in total. The average Bonchev–Trinajstić information content (AvgIpc) is 2.75. The van der Waals surface area contributed by atoms with Crippen molar-refractivity contribution in [2.24, 2.45) is 0 Å². The Labute approximate surface area is 183 Å². The molecule has 1 saturated heterocycles. The van der Waals surface area contributed by atoms with Gasteiger partial charge in [-0.15, -0.1) is 0 Å². The topological polar surface area (TPSA) is 207 Å². The maximum absolute atomic E-state index is 12.5. The van der Waals surface area contributed by atoms with Crippen molar-refractivity contribution in [1.82, 2.24) is 0 Å². The number of ether oxygens (including phenoxy) is 2. The lowest BCUT2D eigenvalue weighted by Gasteiger charge is -2.38. The molecule has 12 heteroatoms. The number of benzene rings is 2. The molecule has 0 saturated carbocycles. The van der Waals surface area contributed by atoms with E-state index in [0.717, 1.165) is 24.3 Å². The molecule has 0 radical (unpaired) electrons. The predicted octanol–water partition coefficient (Wildman–Crippen LogP) is -0.152. The van der Waals surface area contributed by atoms with Crippen LogP contribution in [-0.4, -0.2) is 72.4 Å². The van der Waals surface area contributed by atoms with E-state index in [0.29, 0.717) is 0 Å². The molecule has 2 aromatic carbocycles. The first-order valence-corrected chi connectivity index (χ1v) is 9.49. The first kappa shape index (κ1) is 22.4. The minimum absolute atomic E-state index is 0.0159. The van der Waals surface area contributed by atoms with Gasteiger partial charge in [-0.3, -0.25) is 4.79 Å². The molecule has 0 bridgehead atoms. The molecular formula is C21H18O12. The van der Waals surface area contributed by atoms with E-state index < -0.39 is 53.6 Å². The second-order valence-electron chi connectivity index (χ2n) is 7.35. The summed E-state index contributed by atoms with van der Waals surface area (Å²) in [5.41, 5.74) is -0.565. The molecule has 0 amide bonds. The third-order valence-electron chi connectivity index (χ3n) is 5.11. The second kappa shape index (κ2) is 8.26. The van der Waals surface area contributed by atoms with Crippen molar-refractivity contribution < 1.29 is 54.4 Å². The largest absolute Gasteiger partial charge is 0.507 e. The van der Waals surface area contributed by atoms with Crippen LogP contribution in [0.1, 0.15) is 0 Å². The van der Waals surface area contributed by atoms with E-state index in [1.807, 2.05) is 0 Å². The Hall–Kier alpha value is -3.84. The number of hydrogen-bond acceptors (Lipinski definition) is 11. The van der Waals surface area contributed by atoms with Crippen LogP contribution in [0, 0.1) is 0 Å². The molecular weight excluding hydrogens is 444 g/mol. The van der Waals surface area contributed by atoms with Gasteiger partial charge in [-0.05, 0) is 18.2 Å². The van der Waals surface area contributed by atoms with Gasteiger partial charge < -0.3 is 49.6 Å². The molecule has 174 valence electrons. The zero-order valence-corrected chi connectivity index (χ0v) is 16.5. The summed E-state index contributed by atoms with van der Waals surface area (Å²) in [4.78, 5) is 23.8. The zero-order chi connectivity index (χ0) is 24.0. The Morgan fingerprint density at radius 3 is 2.27 bits per heavy atom. The third-order valence-corrected chi connectivity index (χ3v) is 5.11. The SMILES string of the molecule is O=C(O)[C@H]1O[C@@H](Oc2cc(O)c3c(=O)cc(-c4ccc(O)c(O)c4)oc3c2)[C@H](O)[C@H](O)[C@@H]1O. The highest BCUT2D eigenvalue weighted by Crippen LogP contribution is 2.35. The lowest BCUT2D eigenvalue weighted by molar-refractivity contribution is -0.271. The first-order valence-electron chi connectivity index (χ1n) is 9.49. The number of carbonyl (C=O) groups is 1. The molecule has 4 rings (SSSR count). The molecule has 33 heavy (non-hydrogen) atoms. The molecule has 0 spiro atoms. The Morgan fingerprint density at radius 2 is 1.61 bits per heavy atom. The Bertz CT molecular complexity index is 1280. The van der Waals surface area contributed by atoms with E-state index in [2.05, 4.69) is 0 Å². The van der Waals surface area contributed by atoms with Crippen LogP contribution in [0.25, 0.3) is 22.3 Å². The summed E-state index contributed by atoms with van der Waals surface area (Å²) in [6, 6.07) is 6.94. The number of aliphatic hydroxyl groups excluding tert-OH is 3. The maximum atomic E-state index is 12.5. The average molecular weight is 462 g/mol. The Balaban J connectivity index is 1.72. The van der Waals surface area contributed by atoms with Gasteiger partial charge in [0.05, 0.1) is 0 Å². The highest BCUT2D eigenvalue weighted by atomic mass is 16.7. The van der Waals surface area contributed by atoms with Gasteiger partial charge in [0.15, 0.2) is 23.0 Å². The standard InChI is InChI=1S/C21H18O12/c22-9-2-1-7(3-10(9)23)13-6-12(25)15-11(24)4-8(5-14(15)32-13)31-21-18(28)16(26)17(27)19(33-21)20(29)30/h1-6,16-19,21-24,26-28H,(H,29,30)/t16-,17+,18-,19+,21-/m1/s1. The van der Waals surface area contributed by atoms with Crippen molar-refractivity contribution in [1.29, 1.82) is 0 Å². The van der Waals surface area contributed by atoms with Gasteiger partial charge in [-0.2, -0.15) is 0 Å². The molecule has 5 atom stereocenters. The number of aliphatic hydroxyl groups is 3. The van der Waals surface area contributed by atoms with Crippen LogP contribution in [0.3, 0.4) is 0 Å². The predicted molar refractivity (Wildman–Crippen MR) is 108 cm³/mol. The molecule has 0 unspecified atom stereocenters. The quantitative estimate of drug-likeness (QED) is 0.253. The number of phenols is 3. The van der Waals surface area contributed by atoms with Gasteiger partial charge in [-0.25, -0.2) is 4.79 Å². The highest BCUT2D eigenvalue weighted by molar-refractivity contribution is 5.86. The summed E-state index contributed by atoms with van der Waals surface area (Å²) in [5.74, 6) is -3.22. The van der Waals surface area contributed by atoms with Crippen LogP contribution >= 0.6 is 0 Å². The van der Waals surface area contributed by atoms with Crippen LogP contribution in [0.15, 0.2) is 45.6 Å². The first-order chi connectivity index (χ1) is 15.6. The van der Waals surface area contributed by atoms with Crippen LogP contribution in [-0.2, 0) is 9.53 Å². The van der Waals surface area contributed by atoms with Crippen LogP contribution in [0.2, 0.25) is 0 Å². The Kier molecular flexibility index (Phi) is 5.59. The van der Waals surface area contributed by atoms with Gasteiger partial charge in [0.25, 0.3) is 0 Å². The zero-order valence-electron chi connectivity index (χ0n) is 16.5. The van der Waals surface area contributed by atoms with Crippen molar-refractivity contribution in [2.75, 3.05) is 0 Å². The highest BCUT2D eigenvalue weighted by Gasteiger charge is 2.48. The van der Waals surface area contributed by atoms with Crippen LogP contribution < -0.4 is 10.2 Å². The fourth-order valence-corrected chi connectivity index (χ4v) is 3.41. The summed E-state index contributed by atoms with van der Waals surface area (Å²) in [5, 5.41) is 68.2. The minimum Gasteiger partial charge on any atom is -0.507 e. The number of carboxylic acids is 1. The smallest absolute Gasteiger partial charge is 0.335 e. The van der Waals surface area contributed by atoms with Crippen molar-refractivity contribution >= 4 is 16.9 Å². The van der Waals surface area contributed by atoms with E-state index in [4.69, 9.17) is 19.0 Å².